The number of rotatable bonds is 2. The number of aryl methyl sites for hydroxylation is 1. The minimum Gasteiger partial charge on any atom is -0.341 e. The monoisotopic (exact) mass is 439 g/mol. The van der Waals surface area contributed by atoms with Gasteiger partial charge in [-0.1, -0.05) is 46.4 Å². The summed E-state index contributed by atoms with van der Waals surface area (Å²) in [7, 11) is 0. The molecule has 0 fully saturated rings. The van der Waals surface area contributed by atoms with Crippen molar-refractivity contribution in [1.29, 1.82) is 0 Å². The zero-order valence-electron chi connectivity index (χ0n) is 12.6. The number of imidazole rings is 1. The SMILES string of the molecule is Cc1[nH]c(-c2[c]c(Cl)nc(-c3nccc(Cl)c3Cl)c2Cl)nc1C(F)(F)F. The van der Waals surface area contributed by atoms with E-state index in [4.69, 9.17) is 46.4 Å². The van der Waals surface area contributed by atoms with Gasteiger partial charge in [0.15, 0.2) is 5.69 Å². The van der Waals surface area contributed by atoms with Crippen molar-refractivity contribution in [1.82, 2.24) is 19.9 Å². The molecular weight excluding hydrogens is 435 g/mol. The van der Waals surface area contributed by atoms with Crippen LogP contribution in [0.4, 0.5) is 13.2 Å². The Kier molecular flexibility index (Phi) is 5.09. The number of H-pyrrole nitrogens is 1. The van der Waals surface area contributed by atoms with E-state index >= 15 is 0 Å². The molecule has 1 N–H and O–H groups in total. The molecular formula is C15H6Cl4F3N4. The van der Waals surface area contributed by atoms with Gasteiger partial charge in [0, 0.05) is 23.5 Å². The van der Waals surface area contributed by atoms with Crippen LogP contribution in [0.3, 0.4) is 0 Å². The zero-order chi connectivity index (χ0) is 19.2. The number of pyridine rings is 2. The van der Waals surface area contributed by atoms with Crippen molar-refractivity contribution in [3.63, 3.8) is 0 Å². The van der Waals surface area contributed by atoms with Crippen LogP contribution in [0.2, 0.25) is 20.2 Å². The Labute approximate surface area is 165 Å². The molecule has 0 aromatic carbocycles. The van der Waals surface area contributed by atoms with Crippen molar-refractivity contribution >= 4 is 46.4 Å². The van der Waals surface area contributed by atoms with E-state index in [1.165, 1.54) is 19.2 Å². The van der Waals surface area contributed by atoms with Crippen molar-refractivity contribution in [3.05, 3.63) is 49.9 Å². The molecule has 0 saturated carbocycles. The molecule has 0 aliphatic rings. The largest absolute Gasteiger partial charge is 0.435 e. The highest BCUT2D eigenvalue weighted by atomic mass is 35.5. The van der Waals surface area contributed by atoms with E-state index in [2.05, 4.69) is 26.0 Å². The fourth-order valence-corrected chi connectivity index (χ4v) is 3.01. The molecule has 0 aliphatic heterocycles. The molecule has 135 valence electrons. The summed E-state index contributed by atoms with van der Waals surface area (Å²) in [6, 6.07) is 4.05. The maximum atomic E-state index is 13.0. The molecule has 0 spiro atoms. The average molecular weight is 441 g/mol. The Bertz CT molecular complexity index is 1000. The first-order chi connectivity index (χ1) is 12.1. The van der Waals surface area contributed by atoms with Crippen LogP contribution in [0, 0.1) is 13.0 Å². The summed E-state index contributed by atoms with van der Waals surface area (Å²) in [4.78, 5) is 14.2. The quantitative estimate of drug-likeness (QED) is 0.477. The predicted octanol–water partition coefficient (Wildman–Crippen LogP) is 6.27. The number of nitrogens with one attached hydrogen (secondary N) is 1. The summed E-state index contributed by atoms with van der Waals surface area (Å²) in [6.07, 6.45) is -3.24. The third kappa shape index (κ3) is 3.49. The molecule has 26 heavy (non-hydrogen) atoms. The van der Waals surface area contributed by atoms with Crippen LogP contribution in [-0.2, 0) is 6.18 Å². The maximum Gasteiger partial charge on any atom is 0.435 e. The van der Waals surface area contributed by atoms with Crippen molar-refractivity contribution in [3.8, 4) is 22.8 Å². The Hall–Kier alpha value is -1.54. The van der Waals surface area contributed by atoms with Crippen LogP contribution in [-0.4, -0.2) is 19.9 Å². The van der Waals surface area contributed by atoms with Crippen LogP contribution in [0.25, 0.3) is 22.8 Å². The van der Waals surface area contributed by atoms with Gasteiger partial charge in [0.05, 0.1) is 15.1 Å². The summed E-state index contributed by atoms with van der Waals surface area (Å²) < 4.78 is 39.0. The number of alkyl halides is 3. The predicted molar refractivity (Wildman–Crippen MR) is 93.7 cm³/mol. The number of hydrogen-bond donors (Lipinski definition) is 1. The van der Waals surface area contributed by atoms with Gasteiger partial charge < -0.3 is 4.98 Å². The first-order valence-electron chi connectivity index (χ1n) is 6.82. The fraction of sp³-hybridized carbons (Fsp3) is 0.133. The topological polar surface area (TPSA) is 54.5 Å². The van der Waals surface area contributed by atoms with Gasteiger partial charge in [-0.3, -0.25) is 4.98 Å². The van der Waals surface area contributed by atoms with Crippen LogP contribution in [0.1, 0.15) is 11.4 Å². The van der Waals surface area contributed by atoms with Crippen molar-refractivity contribution in [2.24, 2.45) is 0 Å². The number of nitrogens with zero attached hydrogens (tertiary/aromatic N) is 3. The first kappa shape index (κ1) is 19.2. The van der Waals surface area contributed by atoms with E-state index in [0.717, 1.165) is 0 Å². The summed E-state index contributed by atoms with van der Waals surface area (Å²) >= 11 is 24.4. The summed E-state index contributed by atoms with van der Waals surface area (Å²) in [5.74, 6) is -0.163. The Morgan fingerprint density at radius 2 is 1.73 bits per heavy atom. The lowest BCUT2D eigenvalue weighted by molar-refractivity contribution is -0.141. The van der Waals surface area contributed by atoms with Crippen LogP contribution in [0.5, 0.6) is 0 Å². The van der Waals surface area contributed by atoms with Gasteiger partial charge in [0.2, 0.25) is 0 Å². The molecule has 3 rings (SSSR count). The second-order valence-corrected chi connectivity index (χ2v) is 6.60. The molecule has 3 aromatic heterocycles. The smallest absolute Gasteiger partial charge is 0.341 e. The molecule has 3 heterocycles. The van der Waals surface area contributed by atoms with E-state index < -0.39 is 11.9 Å². The fourth-order valence-electron chi connectivity index (χ4n) is 2.21. The molecule has 0 bridgehead atoms. The van der Waals surface area contributed by atoms with Crippen LogP contribution >= 0.6 is 46.4 Å². The maximum absolute atomic E-state index is 13.0. The lowest BCUT2D eigenvalue weighted by Gasteiger charge is -2.09. The Morgan fingerprint density at radius 1 is 1.04 bits per heavy atom. The molecule has 3 aromatic rings. The third-order valence-electron chi connectivity index (χ3n) is 3.32. The lowest BCUT2D eigenvalue weighted by atomic mass is 10.1. The van der Waals surface area contributed by atoms with Crippen LogP contribution in [0.15, 0.2) is 12.3 Å². The van der Waals surface area contributed by atoms with Crippen molar-refractivity contribution in [2.45, 2.75) is 13.1 Å². The van der Waals surface area contributed by atoms with Crippen molar-refractivity contribution in [2.75, 3.05) is 0 Å². The normalized spacial score (nSPS) is 11.8. The second kappa shape index (κ2) is 6.88. The van der Waals surface area contributed by atoms with Gasteiger partial charge in [-0.05, 0) is 13.0 Å². The second-order valence-electron chi connectivity index (χ2n) is 5.08. The highest BCUT2D eigenvalue weighted by Gasteiger charge is 2.36. The third-order valence-corrected chi connectivity index (χ3v) is 4.66. The lowest BCUT2D eigenvalue weighted by Crippen LogP contribution is -2.07. The van der Waals surface area contributed by atoms with E-state index in [1.54, 1.807) is 0 Å². The Balaban J connectivity index is 2.23. The molecule has 0 saturated heterocycles. The van der Waals surface area contributed by atoms with Gasteiger partial charge in [0.1, 0.15) is 22.4 Å². The minimum atomic E-state index is -4.62. The molecule has 0 amide bonds. The highest BCUT2D eigenvalue weighted by Crippen LogP contribution is 2.40. The molecule has 1 radical (unpaired) electrons. The number of aromatic nitrogens is 4. The number of aromatic amines is 1. The van der Waals surface area contributed by atoms with E-state index in [-0.39, 0.29) is 48.7 Å². The number of hydrogen-bond acceptors (Lipinski definition) is 3. The first-order valence-corrected chi connectivity index (χ1v) is 8.33. The highest BCUT2D eigenvalue weighted by molar-refractivity contribution is 6.44. The summed E-state index contributed by atoms with van der Waals surface area (Å²) in [5, 5.41) is 0.0463. The minimum absolute atomic E-state index is 0.00175. The van der Waals surface area contributed by atoms with Gasteiger partial charge in [-0.15, -0.1) is 0 Å². The zero-order valence-corrected chi connectivity index (χ0v) is 15.7. The molecule has 11 heteroatoms. The van der Waals surface area contributed by atoms with Gasteiger partial charge in [0.25, 0.3) is 0 Å². The van der Waals surface area contributed by atoms with E-state index in [1.807, 2.05) is 0 Å². The summed E-state index contributed by atoms with van der Waals surface area (Å²) in [5.41, 5.74) is -1.07. The average Bonchev–Trinajstić information content (AvgIpc) is 2.94. The molecule has 0 unspecified atom stereocenters. The van der Waals surface area contributed by atoms with Crippen molar-refractivity contribution < 1.29 is 13.2 Å². The molecule has 0 aliphatic carbocycles. The van der Waals surface area contributed by atoms with E-state index in [0.29, 0.717) is 0 Å². The Morgan fingerprint density at radius 3 is 2.35 bits per heavy atom. The van der Waals surface area contributed by atoms with Gasteiger partial charge in [-0.2, -0.15) is 13.2 Å². The van der Waals surface area contributed by atoms with Gasteiger partial charge >= 0.3 is 6.18 Å². The molecule has 0 atom stereocenters. The van der Waals surface area contributed by atoms with E-state index in [9.17, 15) is 13.2 Å². The number of halogens is 7. The summed E-state index contributed by atoms with van der Waals surface area (Å²) in [6.45, 7) is 1.24. The van der Waals surface area contributed by atoms with Crippen LogP contribution < -0.4 is 0 Å². The van der Waals surface area contributed by atoms with Gasteiger partial charge in [-0.25, -0.2) is 9.97 Å². The molecule has 4 nitrogen and oxygen atoms in total. The standard InChI is InChI=1S/C15H6Cl4F3N4/c1-5-13(15(20,21)22)26-14(24-5)6-4-8(17)25-12(9(6)18)11-10(19)7(16)2-3-23-11/h2-3H,1H3,(H,24,26).